The number of benzene rings is 1. The monoisotopic (exact) mass is 471 g/mol. The first-order chi connectivity index (χ1) is 15.5. The molecule has 9 heteroatoms. The van der Waals surface area contributed by atoms with Gasteiger partial charge in [-0.05, 0) is 69.6 Å². The number of allylic oxidation sites excluding steroid dienone is 2. The first-order valence-corrected chi connectivity index (χ1v) is 11.9. The van der Waals surface area contributed by atoms with Gasteiger partial charge < -0.3 is 15.0 Å². The van der Waals surface area contributed by atoms with Crippen molar-refractivity contribution in [1.29, 1.82) is 5.41 Å². The van der Waals surface area contributed by atoms with E-state index >= 15 is 0 Å². The molecule has 1 aromatic heterocycles. The fraction of sp³-hybridized carbons (Fsp3) is 0.458. The predicted octanol–water partition coefficient (Wildman–Crippen LogP) is 5.65. The Morgan fingerprint density at radius 2 is 2.15 bits per heavy atom. The zero-order valence-electron chi connectivity index (χ0n) is 19.6. The summed E-state index contributed by atoms with van der Waals surface area (Å²) in [5.41, 5.74) is 1.21. The zero-order chi connectivity index (χ0) is 23.9. The third kappa shape index (κ3) is 5.24. The SMILES string of the molecule is CC1CC(C2=C/C(=C/Nc3cc(F)c4nn(C)cc4c3)C(=N)S2)CCN1C(=O)OC(C)(C)C. The van der Waals surface area contributed by atoms with Crippen LogP contribution in [0, 0.1) is 17.1 Å². The average molecular weight is 472 g/mol. The number of carbonyl (C=O) groups excluding carboxylic acids is 1. The van der Waals surface area contributed by atoms with Crippen molar-refractivity contribution in [2.75, 3.05) is 11.9 Å². The van der Waals surface area contributed by atoms with Crippen LogP contribution >= 0.6 is 11.8 Å². The van der Waals surface area contributed by atoms with E-state index in [1.165, 1.54) is 17.8 Å². The Hall–Kier alpha value is -2.81. The van der Waals surface area contributed by atoms with Gasteiger partial charge in [-0.15, -0.1) is 0 Å². The number of thioether (sulfide) groups is 1. The molecule has 2 unspecified atom stereocenters. The summed E-state index contributed by atoms with van der Waals surface area (Å²) >= 11 is 1.46. The number of likely N-dealkylation sites (tertiary alicyclic amines) is 1. The number of piperidine rings is 1. The summed E-state index contributed by atoms with van der Waals surface area (Å²) in [5, 5.41) is 16.8. The van der Waals surface area contributed by atoms with Crippen molar-refractivity contribution in [2.45, 2.75) is 52.2 Å². The van der Waals surface area contributed by atoms with Crippen LogP contribution in [0.2, 0.25) is 0 Å². The van der Waals surface area contributed by atoms with Crippen LogP contribution in [0.1, 0.15) is 40.5 Å². The number of nitrogens with zero attached hydrogens (tertiary/aromatic N) is 3. The number of aromatic nitrogens is 2. The van der Waals surface area contributed by atoms with Crippen LogP contribution in [0.15, 0.2) is 41.1 Å². The Labute approximate surface area is 197 Å². The second kappa shape index (κ2) is 8.85. The van der Waals surface area contributed by atoms with Gasteiger partial charge in [0, 0.05) is 48.7 Å². The van der Waals surface area contributed by atoms with Gasteiger partial charge in [-0.3, -0.25) is 10.1 Å². The third-order valence-corrected chi connectivity index (χ3v) is 6.88. The molecule has 4 rings (SSSR count). The molecule has 1 amide bonds. The fourth-order valence-corrected chi connectivity index (χ4v) is 5.25. The maximum Gasteiger partial charge on any atom is 0.410 e. The maximum absolute atomic E-state index is 14.3. The summed E-state index contributed by atoms with van der Waals surface area (Å²) in [5.74, 6) is -0.0917. The molecule has 2 aliphatic rings. The zero-order valence-corrected chi connectivity index (χ0v) is 20.4. The molecule has 2 N–H and O–H groups in total. The van der Waals surface area contributed by atoms with E-state index in [0.717, 1.165) is 28.7 Å². The van der Waals surface area contributed by atoms with Crippen LogP contribution in [0.5, 0.6) is 0 Å². The van der Waals surface area contributed by atoms with Crippen molar-refractivity contribution in [3.63, 3.8) is 0 Å². The highest BCUT2D eigenvalue weighted by Crippen LogP contribution is 2.41. The van der Waals surface area contributed by atoms with Gasteiger partial charge in [0.25, 0.3) is 0 Å². The van der Waals surface area contributed by atoms with Crippen LogP contribution in [-0.4, -0.2) is 44.0 Å². The fourth-order valence-electron chi connectivity index (χ4n) is 4.21. The lowest BCUT2D eigenvalue weighted by atomic mass is 9.91. The summed E-state index contributed by atoms with van der Waals surface area (Å²) in [6, 6.07) is 3.32. The molecule has 2 atom stereocenters. The first-order valence-electron chi connectivity index (χ1n) is 11.1. The van der Waals surface area contributed by atoms with Gasteiger partial charge in [0.1, 0.15) is 16.2 Å². The van der Waals surface area contributed by atoms with E-state index in [1.54, 1.807) is 29.0 Å². The molecule has 0 bridgehead atoms. The summed E-state index contributed by atoms with van der Waals surface area (Å²) in [7, 11) is 1.76. The lowest BCUT2D eigenvalue weighted by molar-refractivity contribution is 0.00906. The number of fused-ring (bicyclic) bond motifs is 1. The molecule has 2 aliphatic heterocycles. The number of rotatable bonds is 3. The van der Waals surface area contributed by atoms with E-state index in [-0.39, 0.29) is 18.0 Å². The highest BCUT2D eigenvalue weighted by atomic mass is 32.2. The number of nitrogens with one attached hydrogen (secondary N) is 2. The molecule has 1 saturated heterocycles. The van der Waals surface area contributed by atoms with Crippen molar-refractivity contribution in [1.82, 2.24) is 14.7 Å². The van der Waals surface area contributed by atoms with Gasteiger partial charge in [-0.1, -0.05) is 11.8 Å². The lowest BCUT2D eigenvalue weighted by Crippen LogP contribution is -2.46. The molecule has 1 fully saturated rings. The van der Waals surface area contributed by atoms with Crippen molar-refractivity contribution in [3.05, 3.63) is 46.9 Å². The Morgan fingerprint density at radius 1 is 1.39 bits per heavy atom. The van der Waals surface area contributed by atoms with Gasteiger partial charge in [0.05, 0.1) is 0 Å². The van der Waals surface area contributed by atoms with Crippen LogP contribution in [0.3, 0.4) is 0 Å². The third-order valence-electron chi connectivity index (χ3n) is 5.76. The molecule has 0 spiro atoms. The van der Waals surface area contributed by atoms with Gasteiger partial charge in [-0.25, -0.2) is 9.18 Å². The number of carbonyl (C=O) groups is 1. The second-order valence-electron chi connectivity index (χ2n) is 9.66. The maximum atomic E-state index is 14.3. The number of amides is 1. The van der Waals surface area contributed by atoms with E-state index in [9.17, 15) is 9.18 Å². The number of halogens is 1. The number of anilines is 1. The quantitative estimate of drug-likeness (QED) is 0.604. The van der Waals surface area contributed by atoms with Crippen molar-refractivity contribution < 1.29 is 13.9 Å². The number of hydrogen-bond acceptors (Lipinski definition) is 6. The minimum atomic E-state index is -0.510. The van der Waals surface area contributed by atoms with Crippen molar-refractivity contribution >= 4 is 39.5 Å². The normalized spacial score (nSPS) is 22.7. The average Bonchev–Trinajstić information content (AvgIpc) is 3.27. The van der Waals surface area contributed by atoms with Crippen molar-refractivity contribution in [3.8, 4) is 0 Å². The van der Waals surface area contributed by atoms with E-state index in [4.69, 9.17) is 10.1 Å². The molecular formula is C24H30FN5O2S. The molecule has 7 nitrogen and oxygen atoms in total. The van der Waals surface area contributed by atoms with E-state index in [1.807, 2.05) is 39.8 Å². The smallest absolute Gasteiger partial charge is 0.410 e. The van der Waals surface area contributed by atoms with Gasteiger partial charge in [0.15, 0.2) is 5.82 Å². The minimum Gasteiger partial charge on any atom is -0.444 e. The van der Waals surface area contributed by atoms with Gasteiger partial charge in [-0.2, -0.15) is 5.10 Å². The Balaban J connectivity index is 1.43. The predicted molar refractivity (Wildman–Crippen MR) is 131 cm³/mol. The molecule has 0 radical (unpaired) electrons. The largest absolute Gasteiger partial charge is 0.444 e. The van der Waals surface area contributed by atoms with Crippen LogP contribution in [0.4, 0.5) is 14.9 Å². The van der Waals surface area contributed by atoms with Crippen molar-refractivity contribution in [2.24, 2.45) is 13.0 Å². The molecule has 0 saturated carbocycles. The molecular weight excluding hydrogens is 441 g/mol. The van der Waals surface area contributed by atoms with E-state index < -0.39 is 5.60 Å². The topological polar surface area (TPSA) is 83.2 Å². The lowest BCUT2D eigenvalue weighted by Gasteiger charge is -2.38. The Morgan fingerprint density at radius 3 is 2.85 bits per heavy atom. The van der Waals surface area contributed by atoms with Crippen LogP contribution in [-0.2, 0) is 11.8 Å². The Kier molecular flexibility index (Phi) is 6.26. The van der Waals surface area contributed by atoms with E-state index in [2.05, 4.69) is 10.4 Å². The molecule has 2 aromatic rings. The van der Waals surface area contributed by atoms with Gasteiger partial charge in [0.2, 0.25) is 0 Å². The van der Waals surface area contributed by atoms with E-state index in [0.29, 0.717) is 28.7 Å². The van der Waals surface area contributed by atoms with Gasteiger partial charge >= 0.3 is 6.09 Å². The van der Waals surface area contributed by atoms with Crippen LogP contribution < -0.4 is 5.32 Å². The number of ether oxygens (including phenoxy) is 1. The highest BCUT2D eigenvalue weighted by molar-refractivity contribution is 8.18. The summed E-state index contributed by atoms with van der Waals surface area (Å²) < 4.78 is 21.4. The Bertz CT molecular complexity index is 1160. The standard InChI is InChI=1S/C24H30FN5O2S/c1-14-8-15(6-7-30(14)23(31)32-24(2,3)4)20-10-16(22(26)33-20)12-27-18-9-17-13-29(5)28-21(17)19(25)11-18/h9-15,26-27H,6-8H2,1-5H3/b16-12-,26-22?. The van der Waals surface area contributed by atoms with Crippen LogP contribution in [0.25, 0.3) is 10.9 Å². The summed E-state index contributed by atoms with van der Waals surface area (Å²) in [6.07, 6.45) is 6.94. The summed E-state index contributed by atoms with van der Waals surface area (Å²) in [4.78, 5) is 15.4. The summed E-state index contributed by atoms with van der Waals surface area (Å²) in [6.45, 7) is 8.30. The molecule has 0 aliphatic carbocycles. The first kappa shape index (κ1) is 23.4. The molecule has 3 heterocycles. The minimum absolute atomic E-state index is 0.0645. The molecule has 176 valence electrons. The molecule has 1 aromatic carbocycles. The molecule has 33 heavy (non-hydrogen) atoms. The number of aryl methyl sites for hydroxylation is 1. The highest BCUT2D eigenvalue weighted by Gasteiger charge is 2.35. The second-order valence-corrected chi connectivity index (χ2v) is 10.7. The number of hydrogen-bond donors (Lipinski definition) is 2.